The van der Waals surface area contributed by atoms with E-state index < -0.39 is 24.0 Å². The van der Waals surface area contributed by atoms with Gasteiger partial charge in [-0.1, -0.05) is 0 Å². The normalized spacial score (nSPS) is 9.09. The van der Waals surface area contributed by atoms with Crippen molar-refractivity contribution in [2.24, 2.45) is 0 Å². The van der Waals surface area contributed by atoms with Crippen molar-refractivity contribution in [2.75, 3.05) is 6.61 Å². The maximum atomic E-state index is 10.6. The van der Waals surface area contributed by atoms with Crippen LogP contribution in [0.3, 0.4) is 0 Å². The Balaban J connectivity index is 3.76. The molecule has 0 saturated carbocycles. The van der Waals surface area contributed by atoms with E-state index in [0.717, 1.165) is 0 Å². The molecule has 0 aliphatic heterocycles. The molecule has 0 heterocycles. The van der Waals surface area contributed by atoms with E-state index in [2.05, 4.69) is 3.39 Å². The molecule has 0 aromatic carbocycles. The molecule has 0 saturated heterocycles. The van der Waals surface area contributed by atoms with Crippen molar-refractivity contribution in [3.05, 3.63) is 0 Å². The standard InChI is InChI=1S/C5H5O5.Mo/c6-2-3(7)1-4(8)5(9)10;/h1-2H2,(H,9,10);/q-1;+1. The van der Waals surface area contributed by atoms with Crippen LogP contribution in [0.15, 0.2) is 0 Å². The number of hydrogen-bond acceptors (Lipinski definition) is 4. The third-order valence-corrected chi connectivity index (χ3v) is 1.11. The molecule has 1 N–H and O–H groups in total. The Morgan fingerprint density at radius 3 is 2.27 bits per heavy atom. The fraction of sp³-hybridized carbons (Fsp3) is 0.400. The quantitative estimate of drug-likeness (QED) is 0.382. The van der Waals surface area contributed by atoms with E-state index in [0.29, 0.717) is 0 Å². The molecule has 11 heavy (non-hydrogen) atoms. The summed E-state index contributed by atoms with van der Waals surface area (Å²) in [5.41, 5.74) is 0. The van der Waals surface area contributed by atoms with Gasteiger partial charge in [0.05, 0.1) is 0 Å². The summed E-state index contributed by atoms with van der Waals surface area (Å²) in [4.78, 5) is 30.8. The second-order valence-electron chi connectivity index (χ2n) is 1.71. The number of hydrogen-bond donors (Lipinski definition) is 1. The van der Waals surface area contributed by atoms with Crippen molar-refractivity contribution in [1.29, 1.82) is 0 Å². The predicted octanol–water partition coefficient (Wildman–Crippen LogP) is -0.922. The van der Waals surface area contributed by atoms with E-state index in [9.17, 15) is 14.4 Å². The van der Waals surface area contributed by atoms with Crippen LogP contribution in [0.25, 0.3) is 0 Å². The minimum atomic E-state index is -1.59. The molecular weight excluding hydrogens is 236 g/mol. The van der Waals surface area contributed by atoms with Crippen LogP contribution in [-0.4, -0.2) is 29.2 Å². The number of carbonyl (C=O) groups excluding carboxylic acids is 2. The van der Waals surface area contributed by atoms with Crippen molar-refractivity contribution < 1.29 is 43.1 Å². The van der Waals surface area contributed by atoms with E-state index in [1.54, 1.807) is 0 Å². The van der Waals surface area contributed by atoms with Crippen LogP contribution >= 0.6 is 0 Å². The molecule has 6 heteroatoms. The summed E-state index contributed by atoms with van der Waals surface area (Å²) in [6.07, 6.45) is -0.592. The van der Waals surface area contributed by atoms with Crippen LogP contribution in [0.4, 0.5) is 0 Å². The Hall–Kier alpha value is -0.542. The first-order valence-electron chi connectivity index (χ1n) is 2.60. The van der Waals surface area contributed by atoms with E-state index in [1.807, 2.05) is 0 Å². The molecule has 0 fully saturated rings. The number of aliphatic carboxylic acids is 1. The minimum absolute atomic E-state index is 0.219. The van der Waals surface area contributed by atoms with Crippen molar-refractivity contribution in [3.63, 3.8) is 0 Å². The Kier molecular flexibility index (Phi) is 4.90. The van der Waals surface area contributed by atoms with Crippen molar-refractivity contribution in [1.82, 2.24) is 0 Å². The Morgan fingerprint density at radius 1 is 1.36 bits per heavy atom. The molecule has 0 spiro atoms. The average molecular weight is 241 g/mol. The number of carbonyl (C=O) groups is 3. The summed E-state index contributed by atoms with van der Waals surface area (Å²) in [5, 5.41) is 8.06. The maximum absolute atomic E-state index is 10.6. The van der Waals surface area contributed by atoms with E-state index >= 15 is 0 Å². The van der Waals surface area contributed by atoms with E-state index in [1.165, 1.54) is 20.2 Å². The molecule has 0 bridgehead atoms. The molecule has 0 aliphatic carbocycles. The molecule has 0 aliphatic rings. The number of Topliss-reactive ketones (excluding diaryl/α,β-unsaturated/α-hetero) is 2. The first-order chi connectivity index (χ1) is 5.07. The molecule has 5 nitrogen and oxygen atoms in total. The molecule has 0 atom stereocenters. The van der Waals surface area contributed by atoms with Gasteiger partial charge in [-0.2, -0.15) is 0 Å². The van der Waals surface area contributed by atoms with Crippen molar-refractivity contribution >= 4 is 17.5 Å². The second-order valence-corrected chi connectivity index (χ2v) is 2.29. The second kappa shape index (κ2) is 5.15. The van der Waals surface area contributed by atoms with Crippen LogP contribution in [0.1, 0.15) is 6.42 Å². The number of carboxylic acid groups (broad SMARTS) is 1. The van der Waals surface area contributed by atoms with E-state index in [-0.39, 0.29) is 6.61 Å². The molecular formula is C5H5MoO5. The first kappa shape index (κ1) is 10.5. The van der Waals surface area contributed by atoms with Gasteiger partial charge in [-0.3, -0.25) is 0 Å². The summed E-state index contributed by atoms with van der Waals surface area (Å²) in [6, 6.07) is 0. The summed E-state index contributed by atoms with van der Waals surface area (Å²) in [6.45, 7) is -0.219. The van der Waals surface area contributed by atoms with Gasteiger partial charge in [-0.25, -0.2) is 0 Å². The van der Waals surface area contributed by atoms with Gasteiger partial charge in [0, 0.05) is 0 Å². The summed E-state index contributed by atoms with van der Waals surface area (Å²) < 4.78 is 4.40. The van der Waals surface area contributed by atoms with Gasteiger partial charge in [0.25, 0.3) is 0 Å². The molecule has 0 radical (unpaired) electrons. The van der Waals surface area contributed by atoms with Crippen LogP contribution in [0, 0.1) is 0 Å². The molecule has 0 aromatic heterocycles. The summed E-state index contributed by atoms with van der Waals surface area (Å²) in [7, 11) is 0. The van der Waals surface area contributed by atoms with Gasteiger partial charge in [0.15, 0.2) is 0 Å². The van der Waals surface area contributed by atoms with Gasteiger partial charge in [0.2, 0.25) is 0 Å². The van der Waals surface area contributed by atoms with Gasteiger partial charge < -0.3 is 0 Å². The van der Waals surface area contributed by atoms with Crippen LogP contribution in [-0.2, 0) is 38.0 Å². The molecule has 0 aromatic rings. The van der Waals surface area contributed by atoms with Gasteiger partial charge >= 0.3 is 73.6 Å². The molecule has 0 rings (SSSR count). The summed E-state index contributed by atoms with van der Waals surface area (Å²) in [5.74, 6) is -3.22. The van der Waals surface area contributed by atoms with Gasteiger partial charge in [-0.05, 0) is 0 Å². The van der Waals surface area contributed by atoms with Crippen molar-refractivity contribution in [2.45, 2.75) is 6.42 Å². The Bertz CT molecular complexity index is 187. The zero-order valence-corrected chi connectivity index (χ0v) is 7.41. The van der Waals surface area contributed by atoms with Gasteiger partial charge in [0.1, 0.15) is 0 Å². The first-order valence-corrected chi connectivity index (χ1v) is 3.42. The SMILES string of the molecule is O=C(C[O][Mo])CC(=O)C(=O)O. The number of carboxylic acids is 1. The summed E-state index contributed by atoms with van der Waals surface area (Å²) >= 11 is 1.23. The number of rotatable bonds is 5. The fourth-order valence-corrected chi connectivity index (χ4v) is 0.695. The van der Waals surface area contributed by atoms with Crippen LogP contribution in [0.2, 0.25) is 0 Å². The zero-order chi connectivity index (χ0) is 8.85. The Labute approximate surface area is 74.1 Å². The fourth-order valence-electron chi connectivity index (χ4n) is 0.371. The topological polar surface area (TPSA) is 80.7 Å². The Morgan fingerprint density at radius 2 is 1.91 bits per heavy atom. The zero-order valence-electron chi connectivity index (χ0n) is 5.40. The average Bonchev–Trinajstić information content (AvgIpc) is 1.87. The monoisotopic (exact) mass is 243 g/mol. The third-order valence-electron chi connectivity index (χ3n) is 0.816. The predicted molar refractivity (Wildman–Crippen MR) is 28.2 cm³/mol. The van der Waals surface area contributed by atoms with Gasteiger partial charge in [-0.15, -0.1) is 0 Å². The molecule has 0 amide bonds. The van der Waals surface area contributed by atoms with Crippen LogP contribution < -0.4 is 0 Å². The van der Waals surface area contributed by atoms with Crippen molar-refractivity contribution in [3.8, 4) is 0 Å². The molecule has 0 unspecified atom stereocenters. The van der Waals surface area contributed by atoms with E-state index in [4.69, 9.17) is 5.11 Å². The van der Waals surface area contributed by atoms with Crippen LogP contribution in [0.5, 0.6) is 0 Å². The number of ketones is 2. The molecule has 61 valence electrons. The third kappa shape index (κ3) is 4.81.